The van der Waals surface area contributed by atoms with Gasteiger partial charge in [-0.25, -0.2) is 19.2 Å². The molecule has 0 spiro atoms. The lowest BCUT2D eigenvalue weighted by Gasteiger charge is -2.21. The molecule has 3 heterocycles. The number of nitrogens with zero attached hydrogens (tertiary/aromatic N) is 5. The molecule has 0 aliphatic carbocycles. The third kappa shape index (κ3) is 3.07. The molecule has 0 bridgehead atoms. The van der Waals surface area contributed by atoms with Crippen LogP contribution in [0.5, 0.6) is 0 Å². The van der Waals surface area contributed by atoms with E-state index in [-0.39, 0.29) is 22.8 Å². The van der Waals surface area contributed by atoms with Crippen molar-refractivity contribution >= 4 is 29.0 Å². The molecular formula is C19H18ClN7O. The Balaban J connectivity index is 1.90. The summed E-state index contributed by atoms with van der Waals surface area (Å²) in [4.78, 5) is 25.7. The van der Waals surface area contributed by atoms with Crippen molar-refractivity contribution in [3.63, 3.8) is 0 Å². The van der Waals surface area contributed by atoms with Crippen LogP contribution in [0.15, 0.2) is 53.6 Å². The van der Waals surface area contributed by atoms with Gasteiger partial charge in [0.05, 0.1) is 23.6 Å². The van der Waals surface area contributed by atoms with Gasteiger partial charge in [0.2, 0.25) is 5.95 Å². The van der Waals surface area contributed by atoms with Gasteiger partial charge in [-0.15, -0.1) is 0 Å². The van der Waals surface area contributed by atoms with Crippen LogP contribution in [0.4, 0.5) is 11.8 Å². The Kier molecular flexibility index (Phi) is 4.48. The normalized spacial score (nSPS) is 12.2. The lowest BCUT2D eigenvalue weighted by molar-refractivity contribution is 0.738. The summed E-state index contributed by atoms with van der Waals surface area (Å²) in [6.07, 6.45) is 3.12. The highest BCUT2D eigenvalue weighted by molar-refractivity contribution is 6.29. The second-order valence-electron chi connectivity index (χ2n) is 6.42. The van der Waals surface area contributed by atoms with Crippen LogP contribution in [0.2, 0.25) is 5.15 Å². The van der Waals surface area contributed by atoms with Gasteiger partial charge in [0, 0.05) is 17.8 Å². The molecule has 4 aromatic rings. The van der Waals surface area contributed by atoms with E-state index in [0.29, 0.717) is 17.2 Å². The first-order chi connectivity index (χ1) is 13.5. The number of hydrogen-bond donors (Lipinski definition) is 2. The van der Waals surface area contributed by atoms with Crippen molar-refractivity contribution in [1.29, 1.82) is 0 Å². The number of halogens is 1. The molecule has 28 heavy (non-hydrogen) atoms. The highest BCUT2D eigenvalue weighted by Gasteiger charge is 2.19. The molecule has 0 saturated heterocycles. The van der Waals surface area contributed by atoms with Crippen LogP contribution in [-0.4, -0.2) is 23.9 Å². The number of rotatable bonds is 4. The number of para-hydroxylation sites is 1. The molecule has 8 nitrogen and oxygen atoms in total. The van der Waals surface area contributed by atoms with Crippen LogP contribution in [0.1, 0.15) is 24.2 Å². The molecule has 0 amide bonds. The van der Waals surface area contributed by atoms with Gasteiger partial charge in [0.15, 0.2) is 0 Å². The summed E-state index contributed by atoms with van der Waals surface area (Å²) in [5.74, 6) is 0.782. The van der Waals surface area contributed by atoms with Crippen LogP contribution in [0.3, 0.4) is 0 Å². The summed E-state index contributed by atoms with van der Waals surface area (Å²) in [7, 11) is 0. The van der Waals surface area contributed by atoms with Crippen molar-refractivity contribution in [2.24, 2.45) is 0 Å². The molecule has 9 heteroatoms. The Labute approximate surface area is 165 Å². The molecular weight excluding hydrogens is 378 g/mol. The lowest BCUT2D eigenvalue weighted by atomic mass is 10.2. The summed E-state index contributed by atoms with van der Waals surface area (Å²) < 4.78 is 2.98. The summed E-state index contributed by atoms with van der Waals surface area (Å²) in [5.41, 5.74) is 8.18. The zero-order valence-electron chi connectivity index (χ0n) is 15.3. The summed E-state index contributed by atoms with van der Waals surface area (Å²) in [6, 6.07) is 10.9. The van der Waals surface area contributed by atoms with Crippen LogP contribution in [-0.2, 0) is 0 Å². The molecule has 0 radical (unpaired) electrons. The second-order valence-corrected chi connectivity index (χ2v) is 6.81. The average Bonchev–Trinajstić information content (AvgIpc) is 3.06. The van der Waals surface area contributed by atoms with E-state index in [1.54, 1.807) is 10.8 Å². The zero-order chi connectivity index (χ0) is 19.8. The van der Waals surface area contributed by atoms with Gasteiger partial charge in [-0.2, -0.15) is 4.98 Å². The van der Waals surface area contributed by atoms with Crippen molar-refractivity contribution in [2.75, 3.05) is 11.1 Å². The van der Waals surface area contributed by atoms with Gasteiger partial charge in [0.1, 0.15) is 16.6 Å². The van der Waals surface area contributed by atoms with Gasteiger partial charge in [-0.1, -0.05) is 29.8 Å². The van der Waals surface area contributed by atoms with E-state index in [4.69, 9.17) is 17.3 Å². The predicted octanol–water partition coefficient (Wildman–Crippen LogP) is 2.99. The topological polar surface area (TPSA) is 103 Å². The Morgan fingerprint density at radius 2 is 1.93 bits per heavy atom. The Hall–Kier alpha value is -3.39. The largest absolute Gasteiger partial charge is 0.368 e. The maximum absolute atomic E-state index is 13.2. The van der Waals surface area contributed by atoms with Gasteiger partial charge >= 0.3 is 5.69 Å². The fourth-order valence-electron chi connectivity index (χ4n) is 3.08. The average molecular weight is 396 g/mol. The number of nitrogens with one attached hydrogen (secondary N) is 1. The second kappa shape index (κ2) is 6.97. The summed E-state index contributed by atoms with van der Waals surface area (Å²) >= 11 is 6.18. The third-order valence-electron chi connectivity index (χ3n) is 4.47. The Bertz CT molecular complexity index is 1220. The maximum atomic E-state index is 13.2. The number of aromatic nitrogens is 5. The maximum Gasteiger partial charge on any atom is 0.339 e. The first-order valence-corrected chi connectivity index (χ1v) is 9.03. The monoisotopic (exact) mass is 395 g/mol. The van der Waals surface area contributed by atoms with Gasteiger partial charge in [-0.05, 0) is 26.0 Å². The van der Waals surface area contributed by atoms with Crippen LogP contribution < -0.4 is 16.7 Å². The SMILES string of the molecule is Cc1cnc(N)nc1NC(C)c1cc2ncc(Cl)n2c(=O)n1-c1ccccc1. The first-order valence-electron chi connectivity index (χ1n) is 8.65. The van der Waals surface area contributed by atoms with Crippen LogP contribution >= 0.6 is 11.6 Å². The first kappa shape index (κ1) is 18.0. The molecule has 1 unspecified atom stereocenters. The minimum atomic E-state index is -0.297. The fraction of sp³-hybridized carbons (Fsp3) is 0.158. The third-order valence-corrected chi connectivity index (χ3v) is 4.73. The summed E-state index contributed by atoms with van der Waals surface area (Å²) in [6.45, 7) is 3.82. The van der Waals surface area contributed by atoms with Crippen molar-refractivity contribution in [3.8, 4) is 5.69 Å². The van der Waals surface area contributed by atoms with E-state index in [1.165, 1.54) is 10.6 Å². The van der Waals surface area contributed by atoms with Crippen molar-refractivity contribution in [2.45, 2.75) is 19.9 Å². The number of nitrogen functional groups attached to an aromatic ring is 1. The fourth-order valence-corrected chi connectivity index (χ4v) is 3.29. The van der Waals surface area contributed by atoms with Gasteiger partial charge < -0.3 is 11.1 Å². The number of fused-ring (bicyclic) bond motifs is 1. The number of imidazole rings is 1. The minimum Gasteiger partial charge on any atom is -0.368 e. The molecule has 0 aliphatic rings. The van der Waals surface area contributed by atoms with Crippen LogP contribution in [0, 0.1) is 6.92 Å². The Morgan fingerprint density at radius 1 is 1.18 bits per heavy atom. The number of nitrogens with two attached hydrogens (primary N) is 1. The molecule has 4 rings (SSSR count). The van der Waals surface area contributed by atoms with Gasteiger partial charge in [0.25, 0.3) is 0 Å². The number of hydrogen-bond acceptors (Lipinski definition) is 6. The Morgan fingerprint density at radius 3 is 2.68 bits per heavy atom. The lowest BCUT2D eigenvalue weighted by Crippen LogP contribution is -2.30. The molecule has 0 aliphatic heterocycles. The molecule has 3 N–H and O–H groups in total. The number of benzene rings is 1. The minimum absolute atomic E-state index is 0.177. The molecule has 1 atom stereocenters. The van der Waals surface area contributed by atoms with Crippen molar-refractivity contribution < 1.29 is 0 Å². The highest BCUT2D eigenvalue weighted by atomic mass is 35.5. The van der Waals surface area contributed by atoms with Gasteiger partial charge in [-0.3, -0.25) is 4.57 Å². The van der Waals surface area contributed by atoms with E-state index in [2.05, 4.69) is 20.3 Å². The number of aryl methyl sites for hydroxylation is 1. The highest BCUT2D eigenvalue weighted by Crippen LogP contribution is 2.23. The summed E-state index contributed by atoms with van der Waals surface area (Å²) in [5, 5.41) is 3.58. The van der Waals surface area contributed by atoms with E-state index in [9.17, 15) is 4.79 Å². The van der Waals surface area contributed by atoms with E-state index >= 15 is 0 Å². The van der Waals surface area contributed by atoms with E-state index < -0.39 is 0 Å². The molecule has 1 aromatic carbocycles. The van der Waals surface area contributed by atoms with Crippen LogP contribution in [0.25, 0.3) is 11.3 Å². The number of anilines is 2. The van der Waals surface area contributed by atoms with E-state index in [0.717, 1.165) is 11.3 Å². The smallest absolute Gasteiger partial charge is 0.339 e. The molecule has 0 fully saturated rings. The quantitative estimate of drug-likeness (QED) is 0.550. The van der Waals surface area contributed by atoms with Crippen molar-refractivity contribution in [3.05, 3.63) is 75.7 Å². The van der Waals surface area contributed by atoms with Crippen molar-refractivity contribution in [1.82, 2.24) is 23.9 Å². The standard InChI is InChI=1S/C19H18ClN7O/c1-11-9-23-18(21)25-17(11)24-12(2)14-8-16-22-10-15(20)27(16)19(28)26(14)13-6-4-3-5-7-13/h3-10,12H,1-2H3,(H3,21,23,24,25). The van der Waals surface area contributed by atoms with E-state index in [1.807, 2.05) is 50.2 Å². The zero-order valence-corrected chi connectivity index (χ0v) is 16.1. The molecule has 0 saturated carbocycles. The predicted molar refractivity (Wildman–Crippen MR) is 109 cm³/mol. The molecule has 3 aromatic heterocycles. The molecule has 142 valence electrons.